The predicted octanol–water partition coefficient (Wildman–Crippen LogP) is 4.53. The number of benzene rings is 2. The summed E-state index contributed by atoms with van der Waals surface area (Å²) in [5.74, 6) is -0.191. The van der Waals surface area contributed by atoms with Crippen LogP contribution in [0.25, 0.3) is 17.2 Å². The Morgan fingerprint density at radius 2 is 2.03 bits per heavy atom. The highest BCUT2D eigenvalue weighted by atomic mass is 19.1. The molecule has 0 saturated heterocycles. The monoisotopic (exact) mass is 430 g/mol. The highest BCUT2D eigenvalue weighted by Crippen LogP contribution is 2.41. The van der Waals surface area contributed by atoms with Gasteiger partial charge in [0.2, 0.25) is 5.91 Å². The van der Waals surface area contributed by atoms with Crippen LogP contribution in [-0.4, -0.2) is 29.3 Å². The first kappa shape index (κ1) is 21.4. The molecule has 2 aromatic carbocycles. The van der Waals surface area contributed by atoms with Crippen LogP contribution in [0, 0.1) is 12.7 Å². The molecule has 1 atom stereocenters. The summed E-state index contributed by atoms with van der Waals surface area (Å²) in [5, 5.41) is 2.84. The van der Waals surface area contributed by atoms with Crippen molar-refractivity contribution in [3.05, 3.63) is 89.0 Å². The number of carbonyl (C=O) groups excluding carboxylic acids is 2. The molecule has 1 aliphatic heterocycles. The number of ether oxygens (including phenoxy) is 1. The fourth-order valence-electron chi connectivity index (χ4n) is 3.77. The quantitative estimate of drug-likeness (QED) is 0.461. The average molecular weight is 430 g/mol. The Bertz CT molecular complexity index is 1210. The number of aryl methyl sites for hydroxylation is 1. The molecular weight excluding hydrogens is 407 g/mol. The molecule has 2 heterocycles. The maximum Gasteiger partial charge on any atom is 0.244 e. The van der Waals surface area contributed by atoms with E-state index in [-0.39, 0.29) is 17.8 Å². The van der Waals surface area contributed by atoms with E-state index in [0.29, 0.717) is 41.1 Å². The summed E-state index contributed by atoms with van der Waals surface area (Å²) in [6, 6.07) is 13.7. The number of pyridine rings is 1. The number of fused-ring (bicyclic) bond motifs is 1. The Kier molecular flexibility index (Phi) is 6.12. The Labute approximate surface area is 186 Å². The molecule has 162 valence electrons. The van der Waals surface area contributed by atoms with Gasteiger partial charge in [0.1, 0.15) is 17.7 Å². The smallest absolute Gasteiger partial charge is 0.244 e. The molecule has 6 heteroatoms. The third-order valence-electron chi connectivity index (χ3n) is 5.30. The van der Waals surface area contributed by atoms with Gasteiger partial charge in [0.15, 0.2) is 5.78 Å². The zero-order valence-electron chi connectivity index (χ0n) is 17.9. The number of nitrogens with one attached hydrogen (secondary N) is 1. The van der Waals surface area contributed by atoms with Crippen LogP contribution in [-0.2, 0) is 11.2 Å². The zero-order valence-corrected chi connectivity index (χ0v) is 17.9. The number of hydrogen-bond acceptors (Lipinski definition) is 4. The Morgan fingerprint density at radius 3 is 2.78 bits per heavy atom. The van der Waals surface area contributed by atoms with Gasteiger partial charge in [0, 0.05) is 35.4 Å². The van der Waals surface area contributed by atoms with Gasteiger partial charge in [-0.1, -0.05) is 12.1 Å². The van der Waals surface area contributed by atoms with Gasteiger partial charge in [0.25, 0.3) is 0 Å². The summed E-state index contributed by atoms with van der Waals surface area (Å²) >= 11 is 0. The van der Waals surface area contributed by atoms with Gasteiger partial charge >= 0.3 is 0 Å². The lowest BCUT2D eigenvalue weighted by atomic mass is 9.95. The highest BCUT2D eigenvalue weighted by molar-refractivity contribution is 5.95. The molecule has 0 aliphatic carbocycles. The molecule has 0 radical (unpaired) electrons. The first-order valence-corrected chi connectivity index (χ1v) is 10.4. The van der Waals surface area contributed by atoms with Crippen LogP contribution < -0.4 is 10.1 Å². The van der Waals surface area contributed by atoms with Gasteiger partial charge in [-0.25, -0.2) is 4.39 Å². The van der Waals surface area contributed by atoms with E-state index in [0.717, 1.165) is 11.1 Å². The van der Waals surface area contributed by atoms with E-state index in [9.17, 15) is 14.0 Å². The van der Waals surface area contributed by atoms with Crippen molar-refractivity contribution in [3.8, 4) is 16.9 Å². The van der Waals surface area contributed by atoms with Crippen LogP contribution in [0.3, 0.4) is 0 Å². The van der Waals surface area contributed by atoms with E-state index in [1.807, 2.05) is 37.3 Å². The number of amides is 1. The molecule has 0 bridgehead atoms. The van der Waals surface area contributed by atoms with Gasteiger partial charge in [-0.2, -0.15) is 0 Å². The molecular formula is C26H23FN2O3. The zero-order chi connectivity index (χ0) is 22.7. The van der Waals surface area contributed by atoms with Crippen LogP contribution >= 0.6 is 0 Å². The lowest BCUT2D eigenvalue weighted by Crippen LogP contribution is -2.33. The van der Waals surface area contributed by atoms with Gasteiger partial charge in [-0.05, 0) is 67.4 Å². The molecule has 1 aliphatic rings. The van der Waals surface area contributed by atoms with Crippen molar-refractivity contribution in [1.29, 1.82) is 0 Å². The number of halogens is 1. The third-order valence-corrected chi connectivity index (χ3v) is 5.30. The second-order valence-corrected chi connectivity index (χ2v) is 7.83. The largest absolute Gasteiger partial charge is 0.487 e. The van der Waals surface area contributed by atoms with E-state index in [1.165, 1.54) is 25.1 Å². The molecule has 1 N–H and O–H groups in total. The number of rotatable bonds is 6. The second-order valence-electron chi connectivity index (χ2n) is 7.83. The van der Waals surface area contributed by atoms with Crippen LogP contribution in [0.15, 0.2) is 60.8 Å². The normalized spacial score (nSPS) is 14.8. The van der Waals surface area contributed by atoms with Gasteiger partial charge in [-0.3, -0.25) is 14.6 Å². The van der Waals surface area contributed by atoms with Gasteiger partial charge in [0.05, 0.1) is 12.2 Å². The molecule has 1 amide bonds. The summed E-state index contributed by atoms with van der Waals surface area (Å²) < 4.78 is 20.8. The lowest BCUT2D eigenvalue weighted by molar-refractivity contribution is -0.116. The Hall–Kier alpha value is -3.80. The van der Waals surface area contributed by atoms with E-state index in [4.69, 9.17) is 4.74 Å². The second kappa shape index (κ2) is 9.14. The lowest BCUT2D eigenvalue weighted by Gasteiger charge is -2.14. The summed E-state index contributed by atoms with van der Waals surface area (Å²) in [6.45, 7) is 3.71. The topological polar surface area (TPSA) is 68.3 Å². The van der Waals surface area contributed by atoms with Crippen molar-refractivity contribution in [3.63, 3.8) is 0 Å². The number of hydrogen-bond donors (Lipinski definition) is 1. The third kappa shape index (κ3) is 4.75. The van der Waals surface area contributed by atoms with E-state index >= 15 is 0 Å². The van der Waals surface area contributed by atoms with Crippen LogP contribution in [0.4, 0.5) is 4.39 Å². The number of Topliss-reactive ketones (excluding diaryl/α,β-unsaturated/α-hetero) is 1. The van der Waals surface area contributed by atoms with Crippen LogP contribution in [0.5, 0.6) is 5.75 Å². The molecule has 0 spiro atoms. The molecule has 3 aromatic rings. The summed E-state index contributed by atoms with van der Waals surface area (Å²) in [7, 11) is 0. The molecule has 4 rings (SSSR count). The number of carbonyl (C=O) groups is 2. The fourth-order valence-corrected chi connectivity index (χ4v) is 3.77. The van der Waals surface area contributed by atoms with E-state index in [1.54, 1.807) is 18.3 Å². The minimum atomic E-state index is -0.414. The molecule has 32 heavy (non-hydrogen) atoms. The standard InChI is InChI=1S/C26H23FN2O3/c1-16-11-19-13-21(15-29-25(31)9-7-20-5-3-4-10-28-20)32-26(19)23(12-16)22-14-18(17(2)30)6-8-24(22)27/h3-12,14,21H,13,15H2,1-2H3,(H,29,31). The molecule has 5 nitrogen and oxygen atoms in total. The van der Waals surface area contributed by atoms with Crippen LogP contribution in [0.1, 0.15) is 34.1 Å². The average Bonchev–Trinajstić information content (AvgIpc) is 3.19. The summed E-state index contributed by atoms with van der Waals surface area (Å²) in [5.41, 5.74) is 4.01. The minimum Gasteiger partial charge on any atom is -0.487 e. The van der Waals surface area contributed by atoms with Crippen molar-refractivity contribution in [2.75, 3.05) is 6.54 Å². The summed E-state index contributed by atoms with van der Waals surface area (Å²) in [6.07, 6.45) is 5.07. The van der Waals surface area contributed by atoms with E-state index < -0.39 is 5.82 Å². The molecule has 0 saturated carbocycles. The first-order chi connectivity index (χ1) is 15.4. The highest BCUT2D eigenvalue weighted by Gasteiger charge is 2.27. The maximum absolute atomic E-state index is 14.7. The Morgan fingerprint density at radius 1 is 1.19 bits per heavy atom. The summed E-state index contributed by atoms with van der Waals surface area (Å²) in [4.78, 5) is 28.1. The predicted molar refractivity (Wildman–Crippen MR) is 121 cm³/mol. The maximum atomic E-state index is 14.7. The molecule has 1 aromatic heterocycles. The van der Waals surface area contributed by atoms with Gasteiger partial charge in [-0.15, -0.1) is 0 Å². The molecule has 0 fully saturated rings. The number of aromatic nitrogens is 1. The fraction of sp³-hybridized carbons (Fsp3) is 0.192. The SMILES string of the molecule is CC(=O)c1ccc(F)c(-c2cc(C)cc3c2OC(CNC(=O)C=Cc2ccccn2)C3)c1. The number of nitrogens with zero attached hydrogens (tertiary/aromatic N) is 1. The van der Waals surface area contributed by atoms with Crippen molar-refractivity contribution in [1.82, 2.24) is 10.3 Å². The number of ketones is 1. The first-order valence-electron chi connectivity index (χ1n) is 10.4. The molecule has 1 unspecified atom stereocenters. The Balaban J connectivity index is 1.49. The van der Waals surface area contributed by atoms with Crippen molar-refractivity contribution < 1.29 is 18.7 Å². The van der Waals surface area contributed by atoms with Crippen molar-refractivity contribution in [2.45, 2.75) is 26.4 Å². The van der Waals surface area contributed by atoms with E-state index in [2.05, 4.69) is 10.3 Å². The van der Waals surface area contributed by atoms with Crippen LogP contribution in [0.2, 0.25) is 0 Å². The van der Waals surface area contributed by atoms with Crippen molar-refractivity contribution >= 4 is 17.8 Å². The minimum absolute atomic E-state index is 0.129. The van der Waals surface area contributed by atoms with Crippen molar-refractivity contribution in [2.24, 2.45) is 0 Å². The van der Waals surface area contributed by atoms with Gasteiger partial charge < -0.3 is 10.1 Å².